The van der Waals surface area contributed by atoms with E-state index in [0.717, 1.165) is 51.4 Å². The third-order valence-electron chi connectivity index (χ3n) is 9.17. The fourth-order valence-electron chi connectivity index (χ4n) is 5.80. The lowest BCUT2D eigenvalue weighted by Gasteiger charge is -2.25. The Balaban J connectivity index is 4.50. The molecule has 296 valence electrons. The van der Waals surface area contributed by atoms with E-state index < -0.39 is 20.0 Å². The fraction of sp³-hybridized carbons (Fsp3) is 0.878. The second-order valence-corrected chi connectivity index (χ2v) is 16.8. The van der Waals surface area contributed by atoms with E-state index in [1.807, 2.05) is 27.2 Å². The second-order valence-electron chi connectivity index (χ2n) is 15.4. The summed E-state index contributed by atoms with van der Waals surface area (Å²) >= 11 is 0. The largest absolute Gasteiger partial charge is 0.472 e. The van der Waals surface area contributed by atoms with Crippen LogP contribution in [0, 0.1) is 0 Å². The molecule has 0 aromatic carbocycles. The van der Waals surface area contributed by atoms with Gasteiger partial charge in [-0.1, -0.05) is 154 Å². The predicted molar refractivity (Wildman–Crippen MR) is 212 cm³/mol. The maximum Gasteiger partial charge on any atom is 0.472 e. The molecule has 0 bridgehead atoms. The van der Waals surface area contributed by atoms with Crippen molar-refractivity contribution in [3.63, 3.8) is 0 Å². The third-order valence-corrected chi connectivity index (χ3v) is 10.1. The van der Waals surface area contributed by atoms with Crippen LogP contribution in [0.4, 0.5) is 0 Å². The number of phosphoric acid groups is 1. The van der Waals surface area contributed by atoms with Crippen LogP contribution in [0.1, 0.15) is 181 Å². The molecule has 1 unspecified atom stereocenters. The smallest absolute Gasteiger partial charge is 0.387 e. The van der Waals surface area contributed by atoms with Gasteiger partial charge < -0.3 is 19.8 Å². The van der Waals surface area contributed by atoms with Crippen molar-refractivity contribution < 1.29 is 32.9 Å². The average molecular weight is 730 g/mol. The van der Waals surface area contributed by atoms with Crippen molar-refractivity contribution in [3.05, 3.63) is 24.3 Å². The molecule has 50 heavy (non-hydrogen) atoms. The topological polar surface area (TPSA) is 105 Å². The molecule has 3 N–H and O–H groups in total. The van der Waals surface area contributed by atoms with Crippen LogP contribution in [0.5, 0.6) is 0 Å². The van der Waals surface area contributed by atoms with E-state index in [2.05, 4.69) is 31.3 Å². The van der Waals surface area contributed by atoms with Gasteiger partial charge in [0.1, 0.15) is 13.2 Å². The Hall–Kier alpha value is -1.02. The molecule has 1 amide bonds. The monoisotopic (exact) mass is 730 g/mol. The number of hydrogen-bond donors (Lipinski definition) is 3. The number of carbonyl (C=O) groups excluding carboxylic acids is 1. The summed E-state index contributed by atoms with van der Waals surface area (Å²) in [5.41, 5.74) is 0. The van der Waals surface area contributed by atoms with Crippen molar-refractivity contribution in [3.8, 4) is 0 Å². The fourth-order valence-corrected chi connectivity index (χ4v) is 6.53. The van der Waals surface area contributed by atoms with Crippen LogP contribution >= 0.6 is 7.82 Å². The van der Waals surface area contributed by atoms with Gasteiger partial charge in [-0.15, -0.1) is 0 Å². The molecule has 0 saturated heterocycles. The van der Waals surface area contributed by atoms with E-state index >= 15 is 0 Å². The lowest BCUT2D eigenvalue weighted by atomic mass is 10.0. The van der Waals surface area contributed by atoms with E-state index in [-0.39, 0.29) is 19.1 Å². The molecule has 0 aliphatic rings. The van der Waals surface area contributed by atoms with Crippen molar-refractivity contribution in [2.45, 2.75) is 193 Å². The first-order valence-electron chi connectivity index (χ1n) is 20.7. The first-order valence-corrected chi connectivity index (χ1v) is 22.2. The normalized spacial score (nSPS) is 14.8. The number of rotatable bonds is 37. The maximum absolute atomic E-state index is 12.8. The standard InChI is InChI=1S/C41H81N2O6P/c1-6-8-10-12-14-16-18-20-22-24-26-28-30-32-34-40(44)39(38-49-50(46,47)48-37-36-43(3,4)5)42-41(45)35-33-31-29-27-25-23-21-19-17-15-13-11-9-7-2/h19,21,32,34,39-40,44H,6-18,20,22-31,33,35-38H2,1-5H3,(H-,42,45,46,47)/p+1/b21-19+,34-32+/t39-,40+/m0/s1. The number of likely N-dealkylation sites (N-methyl/N-ethyl adjacent to an activating group) is 1. The molecule has 8 nitrogen and oxygen atoms in total. The highest BCUT2D eigenvalue weighted by Gasteiger charge is 2.27. The molecule has 0 aliphatic heterocycles. The zero-order valence-corrected chi connectivity index (χ0v) is 34.3. The first kappa shape index (κ1) is 49.0. The summed E-state index contributed by atoms with van der Waals surface area (Å²) in [6, 6.07) is -0.846. The Labute approximate surface area is 309 Å². The molecule has 0 aromatic rings. The molecular formula is C41H82N2O6P+. The summed E-state index contributed by atoms with van der Waals surface area (Å²) in [6.07, 6.45) is 38.0. The lowest BCUT2D eigenvalue weighted by molar-refractivity contribution is -0.870. The van der Waals surface area contributed by atoms with E-state index in [9.17, 15) is 19.4 Å². The number of unbranched alkanes of at least 4 members (excludes halogenated alkanes) is 22. The van der Waals surface area contributed by atoms with E-state index in [1.54, 1.807) is 6.08 Å². The number of allylic oxidation sites excluding steroid dienone is 3. The first-order chi connectivity index (χ1) is 24.0. The summed E-state index contributed by atoms with van der Waals surface area (Å²) in [7, 11) is 1.57. The molecule has 3 atom stereocenters. The number of nitrogens with one attached hydrogen (secondary N) is 1. The zero-order chi connectivity index (χ0) is 37.2. The maximum atomic E-state index is 12.8. The Bertz CT molecular complexity index is 876. The van der Waals surface area contributed by atoms with Gasteiger partial charge in [-0.25, -0.2) is 4.57 Å². The minimum atomic E-state index is -4.33. The van der Waals surface area contributed by atoms with E-state index in [4.69, 9.17) is 9.05 Å². The second kappa shape index (κ2) is 33.8. The van der Waals surface area contributed by atoms with Gasteiger partial charge in [-0.3, -0.25) is 13.8 Å². The molecule has 0 aliphatic carbocycles. The molecule has 0 fully saturated rings. The predicted octanol–water partition coefficient (Wildman–Crippen LogP) is 11.0. The van der Waals surface area contributed by atoms with E-state index in [1.165, 1.54) is 109 Å². The Morgan fingerprint density at radius 1 is 0.660 bits per heavy atom. The van der Waals surface area contributed by atoms with Gasteiger partial charge in [0.25, 0.3) is 0 Å². The number of nitrogens with zero attached hydrogens (tertiary/aromatic N) is 1. The molecule has 0 saturated carbocycles. The molecule has 9 heteroatoms. The Kier molecular flexibility index (Phi) is 33.1. The van der Waals surface area contributed by atoms with Crippen molar-refractivity contribution in [2.75, 3.05) is 40.9 Å². The van der Waals surface area contributed by atoms with Crippen LogP contribution in [-0.2, 0) is 18.4 Å². The highest BCUT2D eigenvalue weighted by atomic mass is 31.2. The van der Waals surface area contributed by atoms with Crippen LogP contribution in [0.2, 0.25) is 0 Å². The Morgan fingerprint density at radius 3 is 1.54 bits per heavy atom. The number of amides is 1. The van der Waals surface area contributed by atoms with Crippen molar-refractivity contribution in [1.29, 1.82) is 0 Å². The van der Waals surface area contributed by atoms with Gasteiger partial charge in [-0.2, -0.15) is 0 Å². The molecule has 0 rings (SSSR count). The van der Waals surface area contributed by atoms with Crippen molar-refractivity contribution in [1.82, 2.24) is 5.32 Å². The SMILES string of the molecule is CCCCCCC/C=C/CCCCCCCC(=O)N[C@@H](COP(=O)(O)OCC[N+](C)(C)C)[C@H](O)/C=C/CCCCCCCCCCCCCC. The van der Waals surface area contributed by atoms with Crippen LogP contribution < -0.4 is 5.32 Å². The highest BCUT2D eigenvalue weighted by Crippen LogP contribution is 2.43. The molecule has 0 radical (unpaired) electrons. The highest BCUT2D eigenvalue weighted by molar-refractivity contribution is 7.47. The van der Waals surface area contributed by atoms with Crippen molar-refractivity contribution in [2.24, 2.45) is 0 Å². The minimum Gasteiger partial charge on any atom is -0.387 e. The summed E-state index contributed by atoms with van der Waals surface area (Å²) in [6.45, 7) is 4.78. The number of aliphatic hydroxyl groups is 1. The Morgan fingerprint density at radius 2 is 1.08 bits per heavy atom. The lowest BCUT2D eigenvalue weighted by Crippen LogP contribution is -2.45. The van der Waals surface area contributed by atoms with Crippen molar-refractivity contribution >= 4 is 13.7 Å². The number of aliphatic hydroxyl groups excluding tert-OH is 1. The van der Waals surface area contributed by atoms with Gasteiger partial charge in [0.15, 0.2) is 0 Å². The van der Waals surface area contributed by atoms with Gasteiger partial charge >= 0.3 is 7.82 Å². The molecule has 0 aromatic heterocycles. The molecule has 0 heterocycles. The zero-order valence-electron chi connectivity index (χ0n) is 33.4. The molecule has 0 spiro atoms. The van der Waals surface area contributed by atoms with Gasteiger partial charge in [0.05, 0.1) is 39.9 Å². The summed E-state index contributed by atoms with van der Waals surface area (Å²) in [5, 5.41) is 13.8. The third kappa shape index (κ3) is 35.4. The summed E-state index contributed by atoms with van der Waals surface area (Å²) in [5.74, 6) is -0.187. The number of phosphoric ester groups is 1. The van der Waals surface area contributed by atoms with Crippen LogP contribution in [-0.4, -0.2) is 73.4 Å². The number of carbonyl (C=O) groups is 1. The quantitative estimate of drug-likeness (QED) is 0.0254. The number of hydrogen-bond acceptors (Lipinski definition) is 5. The van der Waals surface area contributed by atoms with Gasteiger partial charge in [-0.05, 0) is 44.9 Å². The van der Waals surface area contributed by atoms with Crippen LogP contribution in [0.25, 0.3) is 0 Å². The summed E-state index contributed by atoms with van der Waals surface area (Å²) < 4.78 is 23.5. The summed E-state index contributed by atoms with van der Waals surface area (Å²) in [4.78, 5) is 23.0. The average Bonchev–Trinajstić information content (AvgIpc) is 3.06. The van der Waals surface area contributed by atoms with Gasteiger partial charge in [0, 0.05) is 6.42 Å². The number of quaternary nitrogens is 1. The van der Waals surface area contributed by atoms with E-state index in [0.29, 0.717) is 17.4 Å². The van der Waals surface area contributed by atoms with Crippen LogP contribution in [0.3, 0.4) is 0 Å². The van der Waals surface area contributed by atoms with Gasteiger partial charge in [0.2, 0.25) is 5.91 Å². The van der Waals surface area contributed by atoms with Crippen LogP contribution in [0.15, 0.2) is 24.3 Å². The molecular weight excluding hydrogens is 647 g/mol. The minimum absolute atomic E-state index is 0.0607.